The lowest BCUT2D eigenvalue weighted by atomic mass is 10.3. The van der Waals surface area contributed by atoms with Gasteiger partial charge in [0.2, 0.25) is 5.88 Å². The van der Waals surface area contributed by atoms with E-state index >= 15 is 0 Å². The van der Waals surface area contributed by atoms with E-state index in [0.717, 1.165) is 22.3 Å². The predicted molar refractivity (Wildman–Crippen MR) is 81.2 cm³/mol. The number of likely N-dealkylation sites (tertiary alicyclic amines) is 1. The summed E-state index contributed by atoms with van der Waals surface area (Å²) in [7, 11) is 0. The quantitative estimate of drug-likeness (QED) is 0.851. The highest BCUT2D eigenvalue weighted by Crippen LogP contribution is 2.21. The highest BCUT2D eigenvalue weighted by Gasteiger charge is 2.28. The number of halogens is 1. The molecule has 3 heterocycles. The van der Waals surface area contributed by atoms with Crippen molar-refractivity contribution in [2.24, 2.45) is 0 Å². The number of ether oxygens (including phenoxy) is 1. The molecule has 2 aromatic rings. The van der Waals surface area contributed by atoms with Crippen LogP contribution in [0.25, 0.3) is 0 Å². The van der Waals surface area contributed by atoms with E-state index < -0.39 is 0 Å². The van der Waals surface area contributed by atoms with Crippen LogP contribution in [-0.4, -0.2) is 35.0 Å². The van der Waals surface area contributed by atoms with Crippen molar-refractivity contribution in [3.63, 3.8) is 0 Å². The number of nitrogens with zero attached hydrogens (tertiary/aromatic N) is 2. The Morgan fingerprint density at radius 1 is 1.45 bits per heavy atom. The maximum Gasteiger partial charge on any atom is 0.264 e. The fraction of sp³-hybridized carbons (Fsp3) is 0.286. The van der Waals surface area contributed by atoms with Gasteiger partial charge in [-0.2, -0.15) is 0 Å². The van der Waals surface area contributed by atoms with E-state index in [9.17, 15) is 4.79 Å². The maximum atomic E-state index is 12.2. The van der Waals surface area contributed by atoms with Crippen LogP contribution in [0, 0.1) is 0 Å². The topological polar surface area (TPSA) is 42.4 Å². The molecular formula is C14H13BrN2O2S. The normalized spacial score (nSPS) is 18.2. The summed E-state index contributed by atoms with van der Waals surface area (Å²) in [6, 6.07) is 7.48. The van der Waals surface area contributed by atoms with Gasteiger partial charge in [-0.25, -0.2) is 4.98 Å². The highest BCUT2D eigenvalue weighted by molar-refractivity contribution is 9.10. The molecule has 3 rings (SSSR count). The number of carbonyl (C=O) groups is 1. The predicted octanol–water partition coefficient (Wildman–Crippen LogP) is 3.20. The first-order valence-corrected chi connectivity index (χ1v) is 8.00. The number of hydrogen-bond donors (Lipinski definition) is 0. The van der Waals surface area contributed by atoms with E-state index in [1.54, 1.807) is 6.20 Å². The van der Waals surface area contributed by atoms with Crippen molar-refractivity contribution >= 4 is 33.2 Å². The van der Waals surface area contributed by atoms with Crippen LogP contribution in [0.4, 0.5) is 0 Å². The second-order valence-corrected chi connectivity index (χ2v) is 6.44. The number of thiophene rings is 1. The standard InChI is InChI=1S/C14H13BrN2O2S/c15-10-3-4-13(16-8-10)19-11-5-6-17(9-11)14(18)12-2-1-7-20-12/h1-4,7-8,11H,5-6,9H2/t11-/m1/s1. The molecule has 0 unspecified atom stereocenters. The van der Waals surface area contributed by atoms with Crippen LogP contribution in [0.5, 0.6) is 5.88 Å². The summed E-state index contributed by atoms with van der Waals surface area (Å²) >= 11 is 4.81. The summed E-state index contributed by atoms with van der Waals surface area (Å²) in [4.78, 5) is 19.0. The number of carbonyl (C=O) groups excluding carboxylic acids is 1. The van der Waals surface area contributed by atoms with E-state index in [4.69, 9.17) is 4.74 Å². The third kappa shape index (κ3) is 3.02. The molecule has 0 bridgehead atoms. The highest BCUT2D eigenvalue weighted by atomic mass is 79.9. The number of rotatable bonds is 3. The molecule has 0 spiro atoms. The van der Waals surface area contributed by atoms with Gasteiger partial charge in [-0.05, 0) is 33.4 Å². The lowest BCUT2D eigenvalue weighted by molar-refractivity contribution is 0.0776. The first-order chi connectivity index (χ1) is 9.72. The molecule has 2 aromatic heterocycles. The van der Waals surface area contributed by atoms with Gasteiger partial charge in [0.25, 0.3) is 5.91 Å². The summed E-state index contributed by atoms with van der Waals surface area (Å²) in [5.74, 6) is 0.693. The first-order valence-electron chi connectivity index (χ1n) is 6.33. The average Bonchev–Trinajstić information content (AvgIpc) is 3.12. The van der Waals surface area contributed by atoms with E-state index in [-0.39, 0.29) is 12.0 Å². The smallest absolute Gasteiger partial charge is 0.264 e. The minimum atomic E-state index is 0.0209. The number of hydrogen-bond acceptors (Lipinski definition) is 4. The van der Waals surface area contributed by atoms with Gasteiger partial charge in [0.15, 0.2) is 0 Å². The van der Waals surface area contributed by atoms with Crippen molar-refractivity contribution < 1.29 is 9.53 Å². The third-order valence-corrected chi connectivity index (χ3v) is 4.48. The van der Waals surface area contributed by atoms with Crippen molar-refractivity contribution in [3.8, 4) is 5.88 Å². The lowest BCUT2D eigenvalue weighted by Crippen LogP contribution is -2.30. The van der Waals surface area contributed by atoms with Crippen molar-refractivity contribution in [1.82, 2.24) is 9.88 Å². The molecule has 6 heteroatoms. The average molecular weight is 353 g/mol. The fourth-order valence-corrected chi connectivity index (χ4v) is 3.09. The molecule has 1 fully saturated rings. The fourth-order valence-electron chi connectivity index (χ4n) is 2.17. The largest absolute Gasteiger partial charge is 0.472 e. The van der Waals surface area contributed by atoms with Crippen molar-refractivity contribution in [2.45, 2.75) is 12.5 Å². The molecule has 0 N–H and O–H groups in total. The van der Waals surface area contributed by atoms with Gasteiger partial charge in [-0.15, -0.1) is 11.3 Å². The van der Waals surface area contributed by atoms with E-state index in [2.05, 4.69) is 20.9 Å². The number of pyridine rings is 1. The molecule has 20 heavy (non-hydrogen) atoms. The lowest BCUT2D eigenvalue weighted by Gasteiger charge is -2.16. The van der Waals surface area contributed by atoms with Gasteiger partial charge < -0.3 is 9.64 Å². The molecule has 4 nitrogen and oxygen atoms in total. The van der Waals surface area contributed by atoms with Crippen molar-refractivity contribution in [3.05, 3.63) is 45.2 Å². The van der Waals surface area contributed by atoms with Gasteiger partial charge in [0.05, 0.1) is 11.4 Å². The van der Waals surface area contributed by atoms with Crippen molar-refractivity contribution in [1.29, 1.82) is 0 Å². The SMILES string of the molecule is O=C(c1cccs1)N1CC[C@@H](Oc2ccc(Br)cn2)C1. The molecular weight excluding hydrogens is 340 g/mol. The minimum absolute atomic E-state index is 0.0209. The monoisotopic (exact) mass is 352 g/mol. The Kier molecular flexibility index (Phi) is 4.03. The maximum absolute atomic E-state index is 12.2. The Bertz CT molecular complexity index is 586. The zero-order chi connectivity index (χ0) is 13.9. The Morgan fingerprint density at radius 2 is 2.35 bits per heavy atom. The van der Waals surface area contributed by atoms with Gasteiger partial charge in [0.1, 0.15) is 6.10 Å². The number of amides is 1. The Hall–Kier alpha value is -1.40. The molecule has 0 radical (unpaired) electrons. The molecule has 1 amide bonds. The van der Waals surface area contributed by atoms with Gasteiger partial charge in [-0.3, -0.25) is 4.79 Å². The minimum Gasteiger partial charge on any atom is -0.472 e. The van der Waals surface area contributed by atoms with Crippen LogP contribution in [0.1, 0.15) is 16.1 Å². The van der Waals surface area contributed by atoms with E-state index in [1.807, 2.05) is 34.5 Å². The van der Waals surface area contributed by atoms with E-state index in [1.165, 1.54) is 11.3 Å². The second-order valence-electron chi connectivity index (χ2n) is 4.57. The summed E-state index contributed by atoms with van der Waals surface area (Å²) in [5.41, 5.74) is 0. The molecule has 1 aliphatic heterocycles. The summed E-state index contributed by atoms with van der Waals surface area (Å²) in [5, 5.41) is 1.92. The Labute approximate surface area is 129 Å². The second kappa shape index (κ2) is 5.93. The van der Waals surface area contributed by atoms with Gasteiger partial charge in [-0.1, -0.05) is 6.07 Å². The van der Waals surface area contributed by atoms with Crippen LogP contribution in [0.15, 0.2) is 40.3 Å². The summed E-state index contributed by atoms with van der Waals surface area (Å²) in [6.45, 7) is 1.35. The molecule has 104 valence electrons. The molecule has 1 atom stereocenters. The summed E-state index contributed by atoms with van der Waals surface area (Å²) < 4.78 is 6.73. The van der Waals surface area contributed by atoms with Crippen LogP contribution in [-0.2, 0) is 0 Å². The van der Waals surface area contributed by atoms with Crippen LogP contribution in [0.2, 0.25) is 0 Å². The molecule has 0 aliphatic carbocycles. The van der Waals surface area contributed by atoms with Crippen molar-refractivity contribution in [2.75, 3.05) is 13.1 Å². The molecule has 1 aliphatic rings. The van der Waals surface area contributed by atoms with Crippen LogP contribution < -0.4 is 4.74 Å². The van der Waals surface area contributed by atoms with E-state index in [0.29, 0.717) is 12.4 Å². The molecule has 0 aromatic carbocycles. The first kappa shape index (κ1) is 13.6. The molecule has 0 saturated carbocycles. The Balaban J connectivity index is 1.59. The zero-order valence-electron chi connectivity index (χ0n) is 10.7. The van der Waals surface area contributed by atoms with Crippen LogP contribution >= 0.6 is 27.3 Å². The zero-order valence-corrected chi connectivity index (χ0v) is 13.1. The number of aromatic nitrogens is 1. The van der Waals surface area contributed by atoms with Gasteiger partial charge >= 0.3 is 0 Å². The van der Waals surface area contributed by atoms with Crippen LogP contribution in [0.3, 0.4) is 0 Å². The Morgan fingerprint density at radius 3 is 3.05 bits per heavy atom. The third-order valence-electron chi connectivity index (χ3n) is 3.15. The summed E-state index contributed by atoms with van der Waals surface area (Å²) in [6.07, 6.45) is 2.57. The molecule has 1 saturated heterocycles. The van der Waals surface area contributed by atoms with Gasteiger partial charge in [0, 0.05) is 29.7 Å².